The molecule has 0 aromatic heterocycles. The van der Waals surface area contributed by atoms with Crippen molar-refractivity contribution >= 4 is 6.09 Å². The lowest BCUT2D eigenvalue weighted by molar-refractivity contribution is 0.0232. The Bertz CT molecular complexity index is 291. The van der Waals surface area contributed by atoms with Crippen molar-refractivity contribution in [2.24, 2.45) is 0 Å². The fourth-order valence-electron chi connectivity index (χ4n) is 1.97. The Kier molecular flexibility index (Phi) is 4.15. The molecular weight excluding hydrogens is 228 g/mol. The molecule has 104 valence electrons. The fraction of sp³-hybridized carbons (Fsp3) is 0.929. The second-order valence-electron chi connectivity index (χ2n) is 6.49. The largest absolute Gasteiger partial charge is 0.444 e. The Morgan fingerprint density at radius 2 is 1.94 bits per heavy atom. The van der Waals surface area contributed by atoms with Gasteiger partial charge in [-0.15, -0.1) is 0 Å². The van der Waals surface area contributed by atoms with Crippen LogP contribution in [0.3, 0.4) is 0 Å². The first-order valence-corrected chi connectivity index (χ1v) is 7.19. The van der Waals surface area contributed by atoms with E-state index < -0.39 is 5.60 Å². The number of ether oxygens (including phenoxy) is 1. The van der Waals surface area contributed by atoms with Gasteiger partial charge < -0.3 is 15.0 Å². The Balaban J connectivity index is 1.70. The lowest BCUT2D eigenvalue weighted by atomic mass is 10.2. The number of hydrogen-bond acceptors (Lipinski definition) is 3. The van der Waals surface area contributed by atoms with Gasteiger partial charge in [-0.3, -0.25) is 0 Å². The molecule has 0 aliphatic heterocycles. The summed E-state index contributed by atoms with van der Waals surface area (Å²) in [5.74, 6) is 0. The minimum atomic E-state index is -0.392. The molecule has 2 rings (SSSR count). The highest BCUT2D eigenvalue weighted by Gasteiger charge is 2.34. The zero-order valence-electron chi connectivity index (χ0n) is 11.9. The molecule has 4 heteroatoms. The maximum absolute atomic E-state index is 12.1. The van der Waals surface area contributed by atoms with Gasteiger partial charge in [0.15, 0.2) is 0 Å². The molecule has 2 saturated carbocycles. The zero-order valence-corrected chi connectivity index (χ0v) is 11.9. The van der Waals surface area contributed by atoms with Crippen LogP contribution < -0.4 is 5.32 Å². The van der Waals surface area contributed by atoms with E-state index in [4.69, 9.17) is 4.74 Å². The van der Waals surface area contributed by atoms with E-state index in [0.29, 0.717) is 6.04 Å². The first-order valence-electron chi connectivity index (χ1n) is 7.19. The smallest absolute Gasteiger partial charge is 0.410 e. The first kappa shape index (κ1) is 13.7. The van der Waals surface area contributed by atoms with Gasteiger partial charge in [0.2, 0.25) is 0 Å². The quantitative estimate of drug-likeness (QED) is 0.741. The molecule has 2 aliphatic rings. The second-order valence-corrected chi connectivity index (χ2v) is 6.49. The van der Waals surface area contributed by atoms with Gasteiger partial charge in [-0.2, -0.15) is 0 Å². The zero-order chi connectivity index (χ0) is 13.2. The van der Waals surface area contributed by atoms with Crippen LogP contribution in [0.2, 0.25) is 0 Å². The van der Waals surface area contributed by atoms with Gasteiger partial charge >= 0.3 is 6.09 Å². The fourth-order valence-corrected chi connectivity index (χ4v) is 1.97. The Morgan fingerprint density at radius 3 is 2.44 bits per heavy atom. The van der Waals surface area contributed by atoms with E-state index in [0.717, 1.165) is 38.4 Å². The average molecular weight is 254 g/mol. The summed E-state index contributed by atoms with van der Waals surface area (Å²) in [4.78, 5) is 14.0. The minimum absolute atomic E-state index is 0.142. The third kappa shape index (κ3) is 4.84. The number of nitrogens with one attached hydrogen (secondary N) is 1. The molecule has 1 N–H and O–H groups in total. The van der Waals surface area contributed by atoms with Crippen LogP contribution in [0.25, 0.3) is 0 Å². The molecule has 0 aromatic carbocycles. The van der Waals surface area contributed by atoms with Crippen LogP contribution in [0.15, 0.2) is 0 Å². The predicted octanol–water partition coefficient (Wildman–Crippen LogP) is 2.53. The molecule has 0 saturated heterocycles. The molecule has 0 aromatic rings. The van der Waals surface area contributed by atoms with Crippen LogP contribution in [0.4, 0.5) is 4.79 Å². The molecule has 0 radical (unpaired) electrons. The van der Waals surface area contributed by atoms with Crippen molar-refractivity contribution < 1.29 is 9.53 Å². The highest BCUT2D eigenvalue weighted by atomic mass is 16.6. The normalized spacial score (nSPS) is 19.7. The molecule has 0 atom stereocenters. The molecule has 2 fully saturated rings. The summed E-state index contributed by atoms with van der Waals surface area (Å²) in [7, 11) is 0. The van der Waals surface area contributed by atoms with Crippen LogP contribution in [-0.2, 0) is 4.74 Å². The topological polar surface area (TPSA) is 41.6 Å². The number of hydrogen-bond donors (Lipinski definition) is 1. The van der Waals surface area contributed by atoms with E-state index in [2.05, 4.69) is 5.32 Å². The lowest BCUT2D eigenvalue weighted by Gasteiger charge is -2.27. The van der Waals surface area contributed by atoms with Gasteiger partial charge in [0.05, 0.1) is 0 Å². The van der Waals surface area contributed by atoms with Crippen molar-refractivity contribution in [3.8, 4) is 0 Å². The van der Waals surface area contributed by atoms with Crippen LogP contribution >= 0.6 is 0 Å². The molecule has 0 bridgehead atoms. The van der Waals surface area contributed by atoms with E-state index in [1.807, 2.05) is 25.7 Å². The van der Waals surface area contributed by atoms with Crippen molar-refractivity contribution in [1.82, 2.24) is 10.2 Å². The van der Waals surface area contributed by atoms with Crippen LogP contribution in [0.5, 0.6) is 0 Å². The molecule has 0 spiro atoms. The Labute approximate surface area is 110 Å². The third-order valence-corrected chi connectivity index (χ3v) is 3.20. The summed E-state index contributed by atoms with van der Waals surface area (Å²) in [6.07, 6.45) is 5.78. The molecule has 4 nitrogen and oxygen atoms in total. The van der Waals surface area contributed by atoms with Crippen LogP contribution in [0.1, 0.15) is 52.9 Å². The second kappa shape index (κ2) is 5.47. The van der Waals surface area contributed by atoms with Gasteiger partial charge in [-0.05, 0) is 59.4 Å². The maximum Gasteiger partial charge on any atom is 0.410 e. The van der Waals surface area contributed by atoms with E-state index >= 15 is 0 Å². The van der Waals surface area contributed by atoms with Gasteiger partial charge in [-0.25, -0.2) is 4.79 Å². The highest BCUT2D eigenvalue weighted by Crippen LogP contribution is 2.28. The number of carbonyl (C=O) groups excluding carboxylic acids is 1. The highest BCUT2D eigenvalue weighted by molar-refractivity contribution is 5.69. The van der Waals surface area contributed by atoms with Crippen molar-refractivity contribution in [1.29, 1.82) is 0 Å². The number of carbonyl (C=O) groups is 1. The average Bonchev–Trinajstić information content (AvgIpc) is 3.10. The summed E-state index contributed by atoms with van der Waals surface area (Å²) in [5, 5.41) is 3.48. The van der Waals surface area contributed by atoms with E-state index in [-0.39, 0.29) is 6.09 Å². The van der Waals surface area contributed by atoms with Crippen LogP contribution in [0, 0.1) is 0 Å². The Hall–Kier alpha value is -0.770. The van der Waals surface area contributed by atoms with E-state index in [1.54, 1.807) is 0 Å². The Morgan fingerprint density at radius 1 is 1.28 bits per heavy atom. The predicted molar refractivity (Wildman–Crippen MR) is 71.6 cm³/mol. The van der Waals surface area contributed by atoms with Gasteiger partial charge in [0.1, 0.15) is 5.60 Å². The van der Waals surface area contributed by atoms with Crippen molar-refractivity contribution in [2.75, 3.05) is 13.1 Å². The standard InChI is InChI=1S/C14H26N2O2/c1-14(2,3)18-13(17)16(12-7-8-12)10-4-9-15-11-5-6-11/h11-12,15H,4-10H2,1-3H3. The number of amides is 1. The summed E-state index contributed by atoms with van der Waals surface area (Å²) in [5.41, 5.74) is -0.392. The maximum atomic E-state index is 12.1. The molecule has 0 heterocycles. The SMILES string of the molecule is CC(C)(C)OC(=O)N(CCCNC1CC1)C1CC1. The van der Waals surface area contributed by atoms with Gasteiger partial charge in [0, 0.05) is 18.6 Å². The first-order chi connectivity index (χ1) is 8.46. The summed E-state index contributed by atoms with van der Waals surface area (Å²) in [6.45, 7) is 7.59. The van der Waals surface area contributed by atoms with Gasteiger partial charge in [0.25, 0.3) is 0 Å². The summed E-state index contributed by atoms with van der Waals surface area (Å²) >= 11 is 0. The lowest BCUT2D eigenvalue weighted by Crippen LogP contribution is -2.39. The molecule has 18 heavy (non-hydrogen) atoms. The number of nitrogens with zero attached hydrogens (tertiary/aromatic N) is 1. The molecule has 0 unspecified atom stereocenters. The van der Waals surface area contributed by atoms with Crippen LogP contribution in [-0.4, -0.2) is 41.8 Å². The van der Waals surface area contributed by atoms with Crippen molar-refractivity contribution in [3.05, 3.63) is 0 Å². The molecular formula is C14H26N2O2. The summed E-state index contributed by atoms with van der Waals surface area (Å²) in [6, 6.07) is 1.18. The molecule has 2 aliphatic carbocycles. The van der Waals surface area contributed by atoms with Crippen molar-refractivity contribution in [3.63, 3.8) is 0 Å². The monoisotopic (exact) mass is 254 g/mol. The van der Waals surface area contributed by atoms with E-state index in [1.165, 1.54) is 12.8 Å². The number of rotatable bonds is 6. The van der Waals surface area contributed by atoms with Gasteiger partial charge in [-0.1, -0.05) is 0 Å². The minimum Gasteiger partial charge on any atom is -0.444 e. The van der Waals surface area contributed by atoms with E-state index in [9.17, 15) is 4.79 Å². The third-order valence-electron chi connectivity index (χ3n) is 3.20. The summed E-state index contributed by atoms with van der Waals surface area (Å²) < 4.78 is 5.46. The molecule has 1 amide bonds. The van der Waals surface area contributed by atoms with Crippen molar-refractivity contribution in [2.45, 2.75) is 70.6 Å².